The summed E-state index contributed by atoms with van der Waals surface area (Å²) in [4.78, 5) is 18.7. The fourth-order valence-corrected chi connectivity index (χ4v) is 4.14. The quantitative estimate of drug-likeness (QED) is 0.403. The van der Waals surface area contributed by atoms with Crippen LogP contribution < -0.4 is 15.0 Å². The van der Waals surface area contributed by atoms with E-state index in [-0.39, 0.29) is 12.6 Å². The molecule has 4 aromatic heterocycles. The van der Waals surface area contributed by atoms with Crippen LogP contribution in [0.2, 0.25) is 0 Å². The molecule has 11 heteroatoms. The van der Waals surface area contributed by atoms with Gasteiger partial charge < -0.3 is 25.0 Å². The van der Waals surface area contributed by atoms with Crippen molar-refractivity contribution in [3.8, 4) is 17.3 Å². The number of aromatic nitrogens is 6. The number of H-pyrrole nitrogens is 1. The second-order valence-corrected chi connectivity index (χ2v) is 7.51. The van der Waals surface area contributed by atoms with E-state index in [9.17, 15) is 4.39 Å². The SMILES string of the molecule is COc1ncc(F)cc1[C@H]1CCCN1c1ccn2ncc(-c3ncc(NCCO)[nH]3)c2n1. The molecule has 0 saturated carbocycles. The van der Waals surface area contributed by atoms with Crippen LogP contribution in [0, 0.1) is 5.82 Å². The Morgan fingerprint density at radius 1 is 1.31 bits per heavy atom. The summed E-state index contributed by atoms with van der Waals surface area (Å²) in [6.45, 7) is 1.24. The molecule has 5 rings (SSSR count). The number of rotatable bonds is 7. The zero-order valence-corrected chi connectivity index (χ0v) is 17.5. The molecular formula is C21H23FN8O2. The first-order valence-corrected chi connectivity index (χ1v) is 10.4. The Hall–Kier alpha value is -3.73. The number of nitrogens with one attached hydrogen (secondary N) is 2. The molecule has 4 aromatic rings. The van der Waals surface area contributed by atoms with E-state index in [1.165, 1.54) is 6.07 Å². The number of imidazole rings is 1. The lowest BCUT2D eigenvalue weighted by Gasteiger charge is -2.26. The minimum Gasteiger partial charge on any atom is -0.481 e. The second kappa shape index (κ2) is 8.42. The molecule has 1 aliphatic rings. The molecule has 0 spiro atoms. The highest BCUT2D eigenvalue weighted by atomic mass is 19.1. The van der Waals surface area contributed by atoms with E-state index in [1.54, 1.807) is 24.0 Å². The Morgan fingerprint density at radius 3 is 3.06 bits per heavy atom. The van der Waals surface area contributed by atoms with Gasteiger partial charge in [0.2, 0.25) is 5.88 Å². The molecule has 1 saturated heterocycles. The number of pyridine rings is 1. The monoisotopic (exact) mass is 438 g/mol. The Kier molecular flexibility index (Phi) is 5.31. The number of methoxy groups -OCH3 is 1. The Balaban J connectivity index is 1.50. The minimum atomic E-state index is -0.391. The average Bonchev–Trinajstić information content (AvgIpc) is 3.56. The van der Waals surface area contributed by atoms with Crippen molar-refractivity contribution in [3.05, 3.63) is 48.3 Å². The van der Waals surface area contributed by atoms with Crippen molar-refractivity contribution >= 4 is 17.3 Å². The zero-order chi connectivity index (χ0) is 22.1. The second-order valence-electron chi connectivity index (χ2n) is 7.51. The van der Waals surface area contributed by atoms with Crippen LogP contribution in [0.3, 0.4) is 0 Å². The Bertz CT molecular complexity index is 1240. The smallest absolute Gasteiger partial charge is 0.218 e. The lowest BCUT2D eigenvalue weighted by Crippen LogP contribution is -2.24. The van der Waals surface area contributed by atoms with Gasteiger partial charge >= 0.3 is 0 Å². The van der Waals surface area contributed by atoms with E-state index in [2.05, 4.69) is 30.3 Å². The third-order valence-electron chi connectivity index (χ3n) is 5.56. The van der Waals surface area contributed by atoms with Crippen LogP contribution >= 0.6 is 0 Å². The van der Waals surface area contributed by atoms with E-state index in [1.807, 2.05) is 12.3 Å². The summed E-state index contributed by atoms with van der Waals surface area (Å²) >= 11 is 0. The highest BCUT2D eigenvalue weighted by molar-refractivity contribution is 5.74. The molecule has 0 aromatic carbocycles. The summed E-state index contributed by atoms with van der Waals surface area (Å²) < 4.78 is 21.0. The number of anilines is 2. The molecule has 32 heavy (non-hydrogen) atoms. The molecule has 0 amide bonds. The van der Waals surface area contributed by atoms with Gasteiger partial charge in [-0.2, -0.15) is 5.10 Å². The first kappa shape index (κ1) is 20.2. The van der Waals surface area contributed by atoms with Crippen LogP contribution in [0.1, 0.15) is 24.4 Å². The number of fused-ring (bicyclic) bond motifs is 1. The first-order chi connectivity index (χ1) is 15.7. The van der Waals surface area contributed by atoms with Gasteiger partial charge in [-0.1, -0.05) is 0 Å². The summed E-state index contributed by atoms with van der Waals surface area (Å²) in [7, 11) is 1.54. The van der Waals surface area contributed by atoms with E-state index < -0.39 is 5.82 Å². The van der Waals surface area contributed by atoms with Crippen LogP contribution in [0.5, 0.6) is 5.88 Å². The van der Waals surface area contributed by atoms with Gasteiger partial charge in [-0.05, 0) is 25.0 Å². The molecular weight excluding hydrogens is 415 g/mol. The molecule has 0 radical (unpaired) electrons. The molecule has 1 atom stereocenters. The topological polar surface area (TPSA) is 116 Å². The molecule has 0 unspecified atom stereocenters. The average molecular weight is 438 g/mol. The Labute approximate surface area is 183 Å². The summed E-state index contributed by atoms with van der Waals surface area (Å²) in [5.74, 6) is 2.12. The van der Waals surface area contributed by atoms with E-state index in [0.717, 1.165) is 37.0 Å². The number of ether oxygens (including phenoxy) is 1. The predicted octanol–water partition coefficient (Wildman–Crippen LogP) is 2.41. The van der Waals surface area contributed by atoms with Crippen molar-refractivity contribution in [2.75, 3.05) is 37.0 Å². The van der Waals surface area contributed by atoms with Crippen molar-refractivity contribution in [1.82, 2.24) is 29.5 Å². The molecule has 3 N–H and O–H groups in total. The fourth-order valence-electron chi connectivity index (χ4n) is 4.14. The van der Waals surface area contributed by atoms with Gasteiger partial charge in [0.1, 0.15) is 23.3 Å². The maximum Gasteiger partial charge on any atom is 0.218 e. The molecule has 166 valence electrons. The summed E-state index contributed by atoms with van der Waals surface area (Å²) in [5.41, 5.74) is 2.12. The van der Waals surface area contributed by atoms with Gasteiger partial charge in [-0.3, -0.25) is 0 Å². The Morgan fingerprint density at radius 2 is 2.22 bits per heavy atom. The van der Waals surface area contributed by atoms with Crippen LogP contribution in [0.25, 0.3) is 17.0 Å². The number of halogens is 1. The van der Waals surface area contributed by atoms with Crippen LogP contribution in [-0.2, 0) is 0 Å². The molecule has 1 fully saturated rings. The molecule has 5 heterocycles. The van der Waals surface area contributed by atoms with E-state index >= 15 is 0 Å². The lowest BCUT2D eigenvalue weighted by atomic mass is 10.1. The molecule has 0 bridgehead atoms. The maximum absolute atomic E-state index is 14.0. The highest BCUT2D eigenvalue weighted by Crippen LogP contribution is 2.39. The van der Waals surface area contributed by atoms with Crippen LogP contribution in [0.4, 0.5) is 16.0 Å². The summed E-state index contributed by atoms with van der Waals surface area (Å²) in [5, 5.41) is 16.4. The van der Waals surface area contributed by atoms with Crippen molar-refractivity contribution < 1.29 is 14.2 Å². The number of aliphatic hydroxyl groups is 1. The van der Waals surface area contributed by atoms with Crippen molar-refractivity contribution in [2.24, 2.45) is 0 Å². The number of hydrogen-bond acceptors (Lipinski definition) is 8. The third-order valence-corrected chi connectivity index (χ3v) is 5.56. The largest absolute Gasteiger partial charge is 0.481 e. The van der Waals surface area contributed by atoms with Gasteiger partial charge in [0.25, 0.3) is 0 Å². The summed E-state index contributed by atoms with van der Waals surface area (Å²) in [6.07, 6.45) is 8.18. The number of aromatic amines is 1. The molecule has 10 nitrogen and oxygen atoms in total. The predicted molar refractivity (Wildman–Crippen MR) is 116 cm³/mol. The van der Waals surface area contributed by atoms with Crippen LogP contribution in [0.15, 0.2) is 36.9 Å². The maximum atomic E-state index is 14.0. The minimum absolute atomic E-state index is 0.0264. The molecule has 0 aliphatic carbocycles. The van der Waals surface area contributed by atoms with Gasteiger partial charge in [0, 0.05) is 24.8 Å². The van der Waals surface area contributed by atoms with E-state index in [0.29, 0.717) is 35.3 Å². The summed E-state index contributed by atoms with van der Waals surface area (Å²) in [6, 6.07) is 3.30. The number of nitrogens with zero attached hydrogens (tertiary/aromatic N) is 6. The first-order valence-electron chi connectivity index (χ1n) is 10.4. The third kappa shape index (κ3) is 3.60. The lowest BCUT2D eigenvalue weighted by molar-refractivity contribution is 0.311. The van der Waals surface area contributed by atoms with Gasteiger partial charge in [-0.25, -0.2) is 23.9 Å². The van der Waals surface area contributed by atoms with Crippen molar-refractivity contribution in [2.45, 2.75) is 18.9 Å². The van der Waals surface area contributed by atoms with Gasteiger partial charge in [0.05, 0.1) is 43.9 Å². The van der Waals surface area contributed by atoms with Gasteiger partial charge in [-0.15, -0.1) is 0 Å². The van der Waals surface area contributed by atoms with Crippen molar-refractivity contribution in [3.63, 3.8) is 0 Å². The van der Waals surface area contributed by atoms with Crippen molar-refractivity contribution in [1.29, 1.82) is 0 Å². The fraction of sp³-hybridized carbons (Fsp3) is 0.333. The van der Waals surface area contributed by atoms with E-state index in [4.69, 9.17) is 14.8 Å². The highest BCUT2D eigenvalue weighted by Gasteiger charge is 2.31. The number of hydrogen-bond donors (Lipinski definition) is 3. The van der Waals surface area contributed by atoms with Crippen LogP contribution in [-0.4, -0.2) is 61.5 Å². The molecule has 1 aliphatic heterocycles. The standard InChI is InChI=1S/C21H23FN8O2/c1-32-21-14(9-13(22)10-25-21)16-3-2-6-29(16)18-4-7-30-20(28-18)15(11-26-30)19-24-12-17(27-19)23-5-8-31/h4,7,9-12,16,23,31H,2-3,5-6,8H2,1H3,(H,24,27)/t16-/m1/s1. The number of aliphatic hydroxyl groups excluding tert-OH is 1. The van der Waals surface area contributed by atoms with Gasteiger partial charge in [0.15, 0.2) is 5.65 Å². The zero-order valence-electron chi connectivity index (χ0n) is 17.5. The normalized spacial score (nSPS) is 16.1.